The first kappa shape index (κ1) is 11.6. The van der Waals surface area contributed by atoms with Gasteiger partial charge in [-0.2, -0.15) is 0 Å². The molecule has 0 fully saturated rings. The number of pyridine rings is 1. The molecule has 17 heavy (non-hydrogen) atoms. The van der Waals surface area contributed by atoms with Gasteiger partial charge in [0.1, 0.15) is 5.75 Å². The highest BCUT2D eigenvalue weighted by atomic mass is 16.5. The molecule has 0 spiro atoms. The second kappa shape index (κ2) is 6.04. The van der Waals surface area contributed by atoms with Crippen LogP contribution in [-0.2, 0) is 12.8 Å². The summed E-state index contributed by atoms with van der Waals surface area (Å²) in [5.41, 5.74) is 2.57. The molecule has 2 aromatic rings. The third-order valence-corrected chi connectivity index (χ3v) is 2.72. The van der Waals surface area contributed by atoms with Gasteiger partial charge in [0.2, 0.25) is 0 Å². The molecular weight excluding hydrogens is 210 g/mol. The minimum atomic E-state index is 0.706. The monoisotopic (exact) mass is 227 g/mol. The molecule has 0 aliphatic heterocycles. The normalized spacial score (nSPS) is 10.2. The maximum atomic E-state index is 5.73. The summed E-state index contributed by atoms with van der Waals surface area (Å²) in [6, 6.07) is 12.3. The molecular formula is C15H17NO. The van der Waals surface area contributed by atoms with Crippen molar-refractivity contribution in [1.29, 1.82) is 0 Å². The summed E-state index contributed by atoms with van der Waals surface area (Å²) in [7, 11) is 0. The van der Waals surface area contributed by atoms with Crippen LogP contribution in [0.4, 0.5) is 0 Å². The van der Waals surface area contributed by atoms with Crippen molar-refractivity contribution in [2.75, 3.05) is 6.61 Å². The summed E-state index contributed by atoms with van der Waals surface area (Å²) in [6.45, 7) is 2.85. The molecule has 2 heteroatoms. The van der Waals surface area contributed by atoms with Gasteiger partial charge in [0.05, 0.1) is 6.61 Å². The van der Waals surface area contributed by atoms with Gasteiger partial charge in [-0.25, -0.2) is 0 Å². The van der Waals surface area contributed by atoms with Crippen molar-refractivity contribution in [1.82, 2.24) is 4.98 Å². The van der Waals surface area contributed by atoms with Crippen LogP contribution in [0.5, 0.6) is 5.75 Å². The van der Waals surface area contributed by atoms with Crippen LogP contribution >= 0.6 is 0 Å². The first-order valence-electron chi connectivity index (χ1n) is 5.99. The molecule has 0 unspecified atom stereocenters. The third-order valence-electron chi connectivity index (χ3n) is 2.72. The summed E-state index contributed by atoms with van der Waals surface area (Å²) in [6.07, 6.45) is 5.58. The average molecular weight is 227 g/mol. The Labute approximate surface area is 102 Å². The predicted molar refractivity (Wildman–Crippen MR) is 69.3 cm³/mol. The van der Waals surface area contributed by atoms with E-state index in [0.717, 1.165) is 18.6 Å². The topological polar surface area (TPSA) is 22.1 Å². The van der Waals surface area contributed by atoms with Gasteiger partial charge in [-0.1, -0.05) is 19.1 Å². The van der Waals surface area contributed by atoms with E-state index in [2.05, 4.69) is 24.0 Å². The van der Waals surface area contributed by atoms with Crippen LogP contribution in [0.25, 0.3) is 0 Å². The second-order valence-corrected chi connectivity index (χ2v) is 3.95. The van der Waals surface area contributed by atoms with E-state index in [1.54, 1.807) is 0 Å². The van der Waals surface area contributed by atoms with Crippen molar-refractivity contribution >= 4 is 0 Å². The average Bonchev–Trinajstić information content (AvgIpc) is 2.40. The zero-order valence-electron chi connectivity index (χ0n) is 10.1. The minimum absolute atomic E-state index is 0.706. The van der Waals surface area contributed by atoms with Gasteiger partial charge in [-0.3, -0.25) is 4.98 Å². The van der Waals surface area contributed by atoms with E-state index >= 15 is 0 Å². The molecule has 0 radical (unpaired) electrons. The Bertz CT molecular complexity index is 453. The maximum absolute atomic E-state index is 5.73. The number of nitrogens with zero attached hydrogens (tertiary/aromatic N) is 1. The molecule has 0 saturated heterocycles. The van der Waals surface area contributed by atoms with Crippen molar-refractivity contribution < 1.29 is 4.74 Å². The highest BCUT2D eigenvalue weighted by molar-refractivity contribution is 5.28. The fraction of sp³-hybridized carbons (Fsp3) is 0.267. The lowest BCUT2D eigenvalue weighted by molar-refractivity contribution is 0.321. The van der Waals surface area contributed by atoms with Crippen molar-refractivity contribution in [3.63, 3.8) is 0 Å². The number of rotatable bonds is 5. The Morgan fingerprint density at radius 1 is 1.06 bits per heavy atom. The zero-order valence-corrected chi connectivity index (χ0v) is 10.1. The SMILES string of the molecule is CCc1cccc(OCCc2ccncc2)c1. The van der Waals surface area contributed by atoms with Gasteiger partial charge in [0.15, 0.2) is 0 Å². The Morgan fingerprint density at radius 2 is 1.88 bits per heavy atom. The van der Waals surface area contributed by atoms with Crippen molar-refractivity contribution in [2.45, 2.75) is 19.8 Å². The quantitative estimate of drug-likeness (QED) is 0.782. The molecule has 1 aromatic carbocycles. The number of hydrogen-bond acceptors (Lipinski definition) is 2. The number of aryl methyl sites for hydroxylation is 1. The largest absolute Gasteiger partial charge is 0.493 e. The Hall–Kier alpha value is -1.83. The summed E-state index contributed by atoms with van der Waals surface area (Å²) >= 11 is 0. The molecule has 0 aliphatic rings. The highest BCUT2D eigenvalue weighted by Gasteiger charge is 1.96. The van der Waals surface area contributed by atoms with Crippen molar-refractivity contribution in [2.24, 2.45) is 0 Å². The molecule has 0 amide bonds. The van der Waals surface area contributed by atoms with Gasteiger partial charge in [-0.15, -0.1) is 0 Å². The van der Waals surface area contributed by atoms with Crippen LogP contribution in [0.2, 0.25) is 0 Å². The summed E-state index contributed by atoms with van der Waals surface area (Å²) in [5.74, 6) is 0.957. The van der Waals surface area contributed by atoms with Gasteiger partial charge in [0.25, 0.3) is 0 Å². The molecule has 2 rings (SSSR count). The molecule has 0 saturated carbocycles. The molecule has 2 nitrogen and oxygen atoms in total. The fourth-order valence-corrected chi connectivity index (χ4v) is 1.69. The lowest BCUT2D eigenvalue weighted by Crippen LogP contribution is -2.01. The highest BCUT2D eigenvalue weighted by Crippen LogP contribution is 2.14. The van der Waals surface area contributed by atoms with Crippen LogP contribution in [0.15, 0.2) is 48.8 Å². The summed E-state index contributed by atoms with van der Waals surface area (Å²) < 4.78 is 5.73. The molecule has 0 N–H and O–H groups in total. The van der Waals surface area contributed by atoms with Crippen LogP contribution in [0.3, 0.4) is 0 Å². The molecule has 0 atom stereocenters. The standard InChI is InChI=1S/C15H17NO/c1-2-13-4-3-5-15(12-13)17-11-8-14-6-9-16-10-7-14/h3-7,9-10,12H,2,8,11H2,1H3. The number of ether oxygens (including phenoxy) is 1. The van der Waals surface area contributed by atoms with E-state index < -0.39 is 0 Å². The van der Waals surface area contributed by atoms with E-state index in [-0.39, 0.29) is 0 Å². The molecule has 0 aliphatic carbocycles. The number of hydrogen-bond donors (Lipinski definition) is 0. The molecule has 0 bridgehead atoms. The van der Waals surface area contributed by atoms with Gasteiger partial charge < -0.3 is 4.74 Å². The van der Waals surface area contributed by atoms with E-state index in [1.807, 2.05) is 36.7 Å². The fourth-order valence-electron chi connectivity index (χ4n) is 1.69. The smallest absolute Gasteiger partial charge is 0.119 e. The summed E-state index contributed by atoms with van der Waals surface area (Å²) in [4.78, 5) is 3.99. The minimum Gasteiger partial charge on any atom is -0.493 e. The van der Waals surface area contributed by atoms with Gasteiger partial charge >= 0.3 is 0 Å². The van der Waals surface area contributed by atoms with E-state index in [4.69, 9.17) is 4.74 Å². The predicted octanol–water partition coefficient (Wildman–Crippen LogP) is 3.27. The van der Waals surface area contributed by atoms with Crippen molar-refractivity contribution in [3.8, 4) is 5.75 Å². The van der Waals surface area contributed by atoms with E-state index in [0.29, 0.717) is 6.61 Å². The third kappa shape index (κ3) is 3.59. The molecule has 88 valence electrons. The first-order valence-corrected chi connectivity index (χ1v) is 5.99. The van der Waals surface area contributed by atoms with Crippen LogP contribution < -0.4 is 4.74 Å². The maximum Gasteiger partial charge on any atom is 0.119 e. The second-order valence-electron chi connectivity index (χ2n) is 3.95. The lowest BCUT2D eigenvalue weighted by Gasteiger charge is -2.07. The lowest BCUT2D eigenvalue weighted by atomic mass is 10.2. The molecule has 1 aromatic heterocycles. The van der Waals surface area contributed by atoms with Crippen molar-refractivity contribution in [3.05, 3.63) is 59.9 Å². The summed E-state index contributed by atoms with van der Waals surface area (Å²) in [5, 5.41) is 0. The Morgan fingerprint density at radius 3 is 2.65 bits per heavy atom. The Kier molecular flexibility index (Phi) is 4.14. The van der Waals surface area contributed by atoms with Gasteiger partial charge in [0, 0.05) is 18.8 Å². The van der Waals surface area contributed by atoms with E-state index in [1.165, 1.54) is 11.1 Å². The van der Waals surface area contributed by atoms with Gasteiger partial charge in [-0.05, 0) is 41.8 Å². The van der Waals surface area contributed by atoms with Crippen LogP contribution in [0.1, 0.15) is 18.1 Å². The van der Waals surface area contributed by atoms with E-state index in [9.17, 15) is 0 Å². The zero-order chi connectivity index (χ0) is 11.9. The van der Waals surface area contributed by atoms with Crippen LogP contribution in [0, 0.1) is 0 Å². The number of aromatic nitrogens is 1. The number of benzene rings is 1. The first-order chi connectivity index (χ1) is 8.38. The molecule has 1 heterocycles. The van der Waals surface area contributed by atoms with Crippen LogP contribution in [-0.4, -0.2) is 11.6 Å². The Balaban J connectivity index is 1.86.